The minimum atomic E-state index is 0.562. The van der Waals surface area contributed by atoms with Crippen LogP contribution >= 0.6 is 11.6 Å². The highest BCUT2D eigenvalue weighted by Gasteiger charge is 2.17. The molecule has 0 radical (unpaired) electrons. The maximum Gasteiger partial charge on any atom is 0.0781 e. The second-order valence-corrected chi connectivity index (χ2v) is 6.81. The first-order valence-corrected chi connectivity index (χ1v) is 9.18. The number of nitrogens with zero attached hydrogens (tertiary/aromatic N) is 1. The van der Waals surface area contributed by atoms with Crippen LogP contribution in [-0.2, 0) is 0 Å². The van der Waals surface area contributed by atoms with Crippen molar-refractivity contribution >= 4 is 23.0 Å². The topological polar surface area (TPSA) is 12.4 Å². The number of benzene rings is 3. The van der Waals surface area contributed by atoms with E-state index in [4.69, 9.17) is 16.6 Å². The summed E-state index contributed by atoms with van der Waals surface area (Å²) >= 11 is 6.44. The fourth-order valence-corrected chi connectivity index (χ4v) is 2.92. The van der Waals surface area contributed by atoms with E-state index in [0.29, 0.717) is 10.9 Å². The lowest BCUT2D eigenvalue weighted by atomic mass is 10.0. The predicted molar refractivity (Wildman–Crippen MR) is 109 cm³/mol. The molecule has 0 saturated heterocycles. The molecule has 26 heavy (non-hydrogen) atoms. The molecule has 1 aliphatic carbocycles. The highest BCUT2D eigenvalue weighted by atomic mass is 35.5. The Morgan fingerprint density at radius 2 is 1.46 bits per heavy atom. The molecule has 126 valence electrons. The van der Waals surface area contributed by atoms with Gasteiger partial charge in [-0.3, -0.25) is 0 Å². The molecule has 0 atom stereocenters. The summed E-state index contributed by atoms with van der Waals surface area (Å²) in [6.07, 6.45) is 2.43. The normalized spacial score (nSPS) is 12.8. The van der Waals surface area contributed by atoms with E-state index in [1.54, 1.807) is 0 Å². The van der Waals surface area contributed by atoms with Crippen LogP contribution < -0.4 is 0 Å². The lowest BCUT2D eigenvalue weighted by Crippen LogP contribution is -2.02. The molecule has 1 fully saturated rings. The van der Waals surface area contributed by atoms with E-state index in [1.165, 1.54) is 12.8 Å². The maximum absolute atomic E-state index is 6.44. The molecule has 4 rings (SSSR count). The Hall–Kier alpha value is -2.82. The minimum absolute atomic E-state index is 0.562. The molecule has 0 heterocycles. The van der Waals surface area contributed by atoms with Crippen LogP contribution in [0.2, 0.25) is 5.02 Å². The van der Waals surface area contributed by atoms with Crippen LogP contribution in [0.25, 0.3) is 0 Å². The molecule has 0 amide bonds. The number of halogens is 1. The molecule has 0 aliphatic heterocycles. The average Bonchev–Trinajstić information content (AvgIpc) is 3.51. The molecule has 0 aromatic heterocycles. The van der Waals surface area contributed by atoms with Crippen LogP contribution in [0.4, 0.5) is 5.69 Å². The molecule has 3 aromatic carbocycles. The quantitative estimate of drug-likeness (QED) is 0.388. The summed E-state index contributed by atoms with van der Waals surface area (Å²) in [5.74, 6) is 7.01. The first-order valence-electron chi connectivity index (χ1n) is 8.80. The highest BCUT2D eigenvalue weighted by molar-refractivity contribution is 6.32. The smallest absolute Gasteiger partial charge is 0.0781 e. The van der Waals surface area contributed by atoms with Gasteiger partial charge in [0.2, 0.25) is 0 Å². The summed E-state index contributed by atoms with van der Waals surface area (Å²) < 4.78 is 0. The largest absolute Gasteiger partial charge is 0.248 e. The number of hydrogen-bond acceptors (Lipinski definition) is 1. The summed E-state index contributed by atoms with van der Waals surface area (Å²) in [5, 5.41) is 0.653. The van der Waals surface area contributed by atoms with Crippen LogP contribution in [-0.4, -0.2) is 5.71 Å². The van der Waals surface area contributed by atoms with Gasteiger partial charge in [-0.15, -0.1) is 0 Å². The van der Waals surface area contributed by atoms with Crippen LogP contribution in [0.5, 0.6) is 0 Å². The van der Waals surface area contributed by atoms with Crippen LogP contribution in [0.3, 0.4) is 0 Å². The molecule has 1 saturated carbocycles. The van der Waals surface area contributed by atoms with Crippen molar-refractivity contribution in [1.29, 1.82) is 0 Å². The third kappa shape index (κ3) is 4.04. The third-order valence-corrected chi connectivity index (χ3v) is 4.59. The zero-order chi connectivity index (χ0) is 17.8. The van der Waals surface area contributed by atoms with Crippen molar-refractivity contribution in [3.63, 3.8) is 0 Å². The van der Waals surface area contributed by atoms with Gasteiger partial charge in [0.05, 0.1) is 16.4 Å². The second-order valence-electron chi connectivity index (χ2n) is 6.40. The number of hydrogen-bond donors (Lipinski definition) is 0. The zero-order valence-corrected chi connectivity index (χ0v) is 15.1. The molecule has 1 aliphatic rings. The van der Waals surface area contributed by atoms with Crippen molar-refractivity contribution in [2.75, 3.05) is 0 Å². The second kappa shape index (κ2) is 7.60. The summed E-state index contributed by atoms with van der Waals surface area (Å²) in [7, 11) is 0. The first kappa shape index (κ1) is 16.6. The molecule has 0 spiro atoms. The molecular formula is C24H18ClN. The van der Waals surface area contributed by atoms with Gasteiger partial charge in [-0.05, 0) is 31.0 Å². The minimum Gasteiger partial charge on any atom is -0.248 e. The van der Waals surface area contributed by atoms with Crippen molar-refractivity contribution in [2.24, 2.45) is 10.9 Å². The summed E-state index contributed by atoms with van der Waals surface area (Å²) in [5.41, 5.74) is 4.78. The lowest BCUT2D eigenvalue weighted by molar-refractivity contribution is 1.18. The van der Waals surface area contributed by atoms with E-state index in [-0.39, 0.29) is 0 Å². The SMILES string of the molecule is Clc1cc(N=C(c2ccccc2)c2ccccc2)ccc1C#CC1CC1. The molecular weight excluding hydrogens is 338 g/mol. The van der Waals surface area contributed by atoms with Crippen molar-refractivity contribution in [3.05, 3.63) is 101 Å². The molecule has 3 aromatic rings. The van der Waals surface area contributed by atoms with Gasteiger partial charge in [0, 0.05) is 22.6 Å². The number of aliphatic imine (C=N–C) groups is 1. The van der Waals surface area contributed by atoms with Crippen LogP contribution in [0.15, 0.2) is 83.9 Å². The Morgan fingerprint density at radius 1 is 0.846 bits per heavy atom. The van der Waals surface area contributed by atoms with Crippen LogP contribution in [0.1, 0.15) is 29.5 Å². The standard InChI is InChI=1S/C24H18ClN/c25-23-17-22(16-15-19(23)14-13-18-11-12-18)26-24(20-7-3-1-4-8-20)21-9-5-2-6-10-21/h1-10,15-18H,11-12H2. The summed E-state index contributed by atoms with van der Waals surface area (Å²) in [6.45, 7) is 0. The van der Waals surface area contributed by atoms with E-state index >= 15 is 0 Å². The summed E-state index contributed by atoms with van der Waals surface area (Å²) in [4.78, 5) is 4.89. The lowest BCUT2D eigenvalue weighted by Gasteiger charge is -2.08. The van der Waals surface area contributed by atoms with Crippen molar-refractivity contribution in [2.45, 2.75) is 12.8 Å². The Kier molecular flexibility index (Phi) is 4.86. The fraction of sp³-hybridized carbons (Fsp3) is 0.125. The molecule has 0 N–H and O–H groups in total. The van der Waals surface area contributed by atoms with Gasteiger partial charge in [0.1, 0.15) is 0 Å². The molecule has 2 heteroatoms. The van der Waals surface area contributed by atoms with Gasteiger partial charge >= 0.3 is 0 Å². The van der Waals surface area contributed by atoms with E-state index in [0.717, 1.165) is 28.1 Å². The van der Waals surface area contributed by atoms with Crippen molar-refractivity contribution in [1.82, 2.24) is 0 Å². The van der Waals surface area contributed by atoms with E-state index in [9.17, 15) is 0 Å². The van der Waals surface area contributed by atoms with Gasteiger partial charge in [-0.25, -0.2) is 4.99 Å². The molecule has 1 nitrogen and oxygen atoms in total. The van der Waals surface area contributed by atoms with Gasteiger partial charge in [-0.1, -0.05) is 84.1 Å². The van der Waals surface area contributed by atoms with Gasteiger partial charge in [0.15, 0.2) is 0 Å². The maximum atomic E-state index is 6.44. The van der Waals surface area contributed by atoms with Crippen molar-refractivity contribution in [3.8, 4) is 11.8 Å². The van der Waals surface area contributed by atoms with Crippen LogP contribution in [0, 0.1) is 17.8 Å². The van der Waals surface area contributed by atoms with Gasteiger partial charge < -0.3 is 0 Å². The first-order chi connectivity index (χ1) is 12.8. The Labute approximate surface area is 159 Å². The number of rotatable bonds is 3. The van der Waals surface area contributed by atoms with Crippen molar-refractivity contribution < 1.29 is 0 Å². The molecule has 0 unspecified atom stereocenters. The zero-order valence-electron chi connectivity index (χ0n) is 14.3. The monoisotopic (exact) mass is 355 g/mol. The highest BCUT2D eigenvalue weighted by Crippen LogP contribution is 2.29. The van der Waals surface area contributed by atoms with E-state index in [1.807, 2.05) is 54.6 Å². The third-order valence-electron chi connectivity index (χ3n) is 4.28. The van der Waals surface area contributed by atoms with Gasteiger partial charge in [0.25, 0.3) is 0 Å². The predicted octanol–water partition coefficient (Wildman–Crippen LogP) is 6.27. The van der Waals surface area contributed by atoms with E-state index < -0.39 is 0 Å². The van der Waals surface area contributed by atoms with E-state index in [2.05, 4.69) is 36.1 Å². The molecule has 0 bridgehead atoms. The summed E-state index contributed by atoms with van der Waals surface area (Å²) in [6, 6.07) is 26.2. The Morgan fingerprint density at radius 3 is 2.00 bits per heavy atom. The fourth-order valence-electron chi connectivity index (χ4n) is 2.70. The Bertz CT molecular complexity index is 949. The average molecular weight is 356 g/mol. The Balaban J connectivity index is 1.73. The van der Waals surface area contributed by atoms with Gasteiger partial charge in [-0.2, -0.15) is 0 Å².